The maximum atomic E-state index is 11.4. The highest BCUT2D eigenvalue weighted by Gasteiger charge is 2.15. The van der Waals surface area contributed by atoms with Gasteiger partial charge in [-0.05, 0) is 45.0 Å². The van der Waals surface area contributed by atoms with Crippen molar-refractivity contribution in [2.45, 2.75) is 26.4 Å². The van der Waals surface area contributed by atoms with Crippen molar-refractivity contribution in [1.29, 1.82) is 0 Å². The lowest BCUT2D eigenvalue weighted by Gasteiger charge is -2.19. The van der Waals surface area contributed by atoms with Crippen LogP contribution in [-0.2, 0) is 4.74 Å². The Kier molecular flexibility index (Phi) is 7.36. The molecule has 0 heterocycles. The van der Waals surface area contributed by atoms with Crippen molar-refractivity contribution in [3.05, 3.63) is 24.3 Å². The Morgan fingerprint density at radius 3 is 2.10 bits per heavy atom. The van der Waals surface area contributed by atoms with Crippen LogP contribution in [0.4, 0.5) is 4.79 Å². The molecule has 0 saturated carbocycles. The number of benzene rings is 1. The zero-order valence-corrected chi connectivity index (χ0v) is 14.2. The van der Waals surface area contributed by atoms with Gasteiger partial charge in [0.1, 0.15) is 23.7 Å². The predicted octanol–water partition coefficient (Wildman–Crippen LogP) is 3.36. The number of halogens is 1. The number of alkyl carbamates (subject to hydrolysis) is 1. The number of alkyl halides is 1. The minimum atomic E-state index is -0.490. The SMILES string of the molecule is CC(C)(C)OC(=O)NCCOc1ccc(OCCBr)cc1. The molecule has 1 aromatic carbocycles. The van der Waals surface area contributed by atoms with Crippen LogP contribution < -0.4 is 14.8 Å². The minimum absolute atomic E-state index is 0.376. The molecule has 0 saturated heterocycles. The Morgan fingerprint density at radius 2 is 1.62 bits per heavy atom. The van der Waals surface area contributed by atoms with Gasteiger partial charge in [-0.1, -0.05) is 15.9 Å². The molecule has 0 aliphatic carbocycles. The third kappa shape index (κ3) is 8.45. The third-order valence-electron chi connectivity index (χ3n) is 2.21. The fourth-order valence-corrected chi connectivity index (χ4v) is 1.59. The predicted molar refractivity (Wildman–Crippen MR) is 85.5 cm³/mol. The van der Waals surface area contributed by atoms with Crippen LogP contribution >= 0.6 is 15.9 Å². The van der Waals surface area contributed by atoms with Gasteiger partial charge in [0.15, 0.2) is 0 Å². The lowest BCUT2D eigenvalue weighted by molar-refractivity contribution is 0.0520. The van der Waals surface area contributed by atoms with Gasteiger partial charge in [-0.2, -0.15) is 0 Å². The number of nitrogens with one attached hydrogen (secondary N) is 1. The summed E-state index contributed by atoms with van der Waals surface area (Å²) in [7, 11) is 0. The van der Waals surface area contributed by atoms with Gasteiger partial charge in [-0.15, -0.1) is 0 Å². The lowest BCUT2D eigenvalue weighted by atomic mass is 10.2. The number of ether oxygens (including phenoxy) is 3. The van der Waals surface area contributed by atoms with Crippen molar-refractivity contribution in [2.24, 2.45) is 0 Å². The zero-order chi connectivity index (χ0) is 15.7. The molecule has 1 rings (SSSR count). The van der Waals surface area contributed by atoms with Crippen LogP contribution in [0.3, 0.4) is 0 Å². The van der Waals surface area contributed by atoms with Crippen molar-refractivity contribution < 1.29 is 19.0 Å². The summed E-state index contributed by atoms with van der Waals surface area (Å²) in [6, 6.07) is 7.35. The average Bonchev–Trinajstić information content (AvgIpc) is 2.41. The lowest BCUT2D eigenvalue weighted by Crippen LogP contribution is -2.34. The molecule has 5 nitrogen and oxygen atoms in total. The quantitative estimate of drug-likeness (QED) is 0.598. The highest BCUT2D eigenvalue weighted by Crippen LogP contribution is 2.17. The van der Waals surface area contributed by atoms with E-state index in [1.165, 1.54) is 0 Å². The molecule has 0 spiro atoms. The second-order valence-electron chi connectivity index (χ2n) is 5.29. The smallest absolute Gasteiger partial charge is 0.407 e. The van der Waals surface area contributed by atoms with Gasteiger partial charge in [0.05, 0.1) is 13.2 Å². The molecule has 0 atom stereocenters. The molecular formula is C15H22BrNO4. The highest BCUT2D eigenvalue weighted by molar-refractivity contribution is 9.09. The highest BCUT2D eigenvalue weighted by atomic mass is 79.9. The van der Waals surface area contributed by atoms with Crippen LogP contribution in [0.25, 0.3) is 0 Å². The van der Waals surface area contributed by atoms with Gasteiger partial charge >= 0.3 is 6.09 Å². The fraction of sp³-hybridized carbons (Fsp3) is 0.533. The minimum Gasteiger partial charge on any atom is -0.493 e. The number of hydrogen-bond donors (Lipinski definition) is 1. The van der Waals surface area contributed by atoms with E-state index in [4.69, 9.17) is 14.2 Å². The van der Waals surface area contributed by atoms with E-state index in [0.29, 0.717) is 19.8 Å². The summed E-state index contributed by atoms with van der Waals surface area (Å²) < 4.78 is 16.1. The van der Waals surface area contributed by atoms with Crippen molar-refractivity contribution >= 4 is 22.0 Å². The summed E-state index contributed by atoms with van der Waals surface area (Å²) in [6.45, 7) is 6.85. The number of hydrogen-bond acceptors (Lipinski definition) is 4. The van der Waals surface area contributed by atoms with E-state index >= 15 is 0 Å². The largest absolute Gasteiger partial charge is 0.493 e. The van der Waals surface area contributed by atoms with Gasteiger partial charge in [-0.25, -0.2) is 4.79 Å². The summed E-state index contributed by atoms with van der Waals surface area (Å²) in [4.78, 5) is 11.4. The van der Waals surface area contributed by atoms with Crippen molar-refractivity contribution in [2.75, 3.05) is 25.1 Å². The number of amides is 1. The monoisotopic (exact) mass is 359 g/mol. The average molecular weight is 360 g/mol. The molecule has 0 unspecified atom stereocenters. The molecule has 118 valence electrons. The van der Waals surface area contributed by atoms with E-state index in [-0.39, 0.29) is 0 Å². The summed E-state index contributed by atoms with van der Waals surface area (Å²) >= 11 is 3.30. The summed E-state index contributed by atoms with van der Waals surface area (Å²) in [5.74, 6) is 1.53. The molecule has 0 radical (unpaired) electrons. The van der Waals surface area contributed by atoms with E-state index in [9.17, 15) is 4.79 Å². The molecule has 0 aromatic heterocycles. The van der Waals surface area contributed by atoms with Gasteiger partial charge < -0.3 is 19.5 Å². The number of carbonyl (C=O) groups excluding carboxylic acids is 1. The van der Waals surface area contributed by atoms with E-state index in [2.05, 4.69) is 21.2 Å². The van der Waals surface area contributed by atoms with Crippen LogP contribution in [0.1, 0.15) is 20.8 Å². The first-order valence-electron chi connectivity index (χ1n) is 6.79. The topological polar surface area (TPSA) is 56.8 Å². The molecule has 0 fully saturated rings. The van der Waals surface area contributed by atoms with E-state index in [1.54, 1.807) is 0 Å². The summed E-state index contributed by atoms with van der Waals surface area (Å²) in [5.41, 5.74) is -0.490. The van der Waals surface area contributed by atoms with Crippen molar-refractivity contribution in [1.82, 2.24) is 5.32 Å². The molecule has 6 heteroatoms. The van der Waals surface area contributed by atoms with Crippen LogP contribution in [0.15, 0.2) is 24.3 Å². The molecule has 0 aliphatic heterocycles. The molecule has 0 aliphatic rings. The second kappa shape index (κ2) is 8.77. The Bertz CT molecular complexity index is 428. The first kappa shape index (κ1) is 17.6. The molecule has 1 aromatic rings. The molecule has 1 N–H and O–H groups in total. The molecular weight excluding hydrogens is 338 g/mol. The maximum Gasteiger partial charge on any atom is 0.407 e. The Balaban J connectivity index is 2.22. The number of carbonyl (C=O) groups is 1. The van der Waals surface area contributed by atoms with Crippen LogP contribution in [0.2, 0.25) is 0 Å². The van der Waals surface area contributed by atoms with Crippen molar-refractivity contribution in [3.63, 3.8) is 0 Å². The summed E-state index contributed by atoms with van der Waals surface area (Å²) in [6.07, 6.45) is -0.440. The van der Waals surface area contributed by atoms with Gasteiger partial charge in [0.25, 0.3) is 0 Å². The standard InChI is InChI=1S/C15H22BrNO4/c1-15(2,3)21-14(18)17-9-11-20-13-6-4-12(5-7-13)19-10-8-16/h4-7H,8-11H2,1-3H3,(H,17,18). The maximum absolute atomic E-state index is 11.4. The van der Waals surface area contributed by atoms with Gasteiger partial charge in [0, 0.05) is 5.33 Å². The Labute approximate surface area is 134 Å². The zero-order valence-electron chi connectivity index (χ0n) is 12.6. The molecule has 1 amide bonds. The normalized spacial score (nSPS) is 10.9. The van der Waals surface area contributed by atoms with Gasteiger partial charge in [0.2, 0.25) is 0 Å². The fourth-order valence-electron chi connectivity index (χ4n) is 1.42. The molecule has 21 heavy (non-hydrogen) atoms. The molecule has 0 bridgehead atoms. The van der Waals surface area contributed by atoms with Crippen LogP contribution in [0.5, 0.6) is 11.5 Å². The van der Waals surface area contributed by atoms with E-state index < -0.39 is 11.7 Å². The van der Waals surface area contributed by atoms with E-state index in [1.807, 2.05) is 45.0 Å². The first-order valence-corrected chi connectivity index (χ1v) is 7.91. The van der Waals surface area contributed by atoms with Gasteiger partial charge in [-0.3, -0.25) is 0 Å². The number of rotatable bonds is 7. The van der Waals surface area contributed by atoms with E-state index in [0.717, 1.165) is 16.8 Å². The van der Waals surface area contributed by atoms with Crippen LogP contribution in [0, 0.1) is 0 Å². The first-order chi connectivity index (χ1) is 9.90. The Hall–Kier alpha value is -1.43. The summed E-state index contributed by atoms with van der Waals surface area (Å²) in [5, 5.41) is 3.43. The second-order valence-corrected chi connectivity index (χ2v) is 6.08. The van der Waals surface area contributed by atoms with Crippen molar-refractivity contribution in [3.8, 4) is 11.5 Å². The Morgan fingerprint density at radius 1 is 1.10 bits per heavy atom. The van der Waals surface area contributed by atoms with Crippen LogP contribution in [-0.4, -0.2) is 36.8 Å². The third-order valence-corrected chi connectivity index (χ3v) is 2.53.